The molecule has 5 aromatic rings. The molecule has 0 unspecified atom stereocenters. The summed E-state index contributed by atoms with van der Waals surface area (Å²) in [5, 5.41) is 3.69. The normalized spacial score (nSPS) is 14.4. The highest BCUT2D eigenvalue weighted by atomic mass is 35.5. The van der Waals surface area contributed by atoms with Gasteiger partial charge in [0.25, 0.3) is 5.91 Å². The molecule has 1 fully saturated rings. The average Bonchev–Trinajstić information content (AvgIpc) is 3.53. The number of piperazine rings is 1. The summed E-state index contributed by atoms with van der Waals surface area (Å²) in [5.74, 6) is 1.21. The Labute approximate surface area is 226 Å². The Hall–Kier alpha value is -3.88. The highest BCUT2D eigenvalue weighted by Gasteiger charge is 2.18. The molecule has 8 nitrogen and oxygen atoms in total. The van der Waals surface area contributed by atoms with Crippen LogP contribution in [0, 0.1) is 6.92 Å². The lowest BCUT2D eigenvalue weighted by molar-refractivity contribution is 0.0954. The number of nitrogens with one attached hydrogen (secondary N) is 3. The quantitative estimate of drug-likeness (QED) is 0.295. The predicted molar refractivity (Wildman–Crippen MR) is 153 cm³/mol. The molecule has 1 amide bonds. The second kappa shape index (κ2) is 10.1. The lowest BCUT2D eigenvalue weighted by atomic mass is 10.1. The number of H-pyrrole nitrogens is 2. The molecule has 1 saturated heterocycles. The van der Waals surface area contributed by atoms with Crippen LogP contribution in [0.5, 0.6) is 0 Å². The van der Waals surface area contributed by atoms with Crippen molar-refractivity contribution in [3.63, 3.8) is 0 Å². The highest BCUT2D eigenvalue weighted by molar-refractivity contribution is 6.30. The van der Waals surface area contributed by atoms with Crippen LogP contribution in [0.2, 0.25) is 5.02 Å². The van der Waals surface area contributed by atoms with Gasteiger partial charge in [-0.05, 0) is 74.0 Å². The number of carbonyl (C=O) groups excluding carboxylic acids is 1. The van der Waals surface area contributed by atoms with Gasteiger partial charge in [-0.25, -0.2) is 9.97 Å². The number of benzene rings is 3. The van der Waals surface area contributed by atoms with E-state index in [0.29, 0.717) is 35.2 Å². The zero-order valence-electron chi connectivity index (χ0n) is 21.5. The number of aromatic nitrogens is 4. The summed E-state index contributed by atoms with van der Waals surface area (Å²) < 4.78 is 0. The lowest BCUT2D eigenvalue weighted by Gasteiger charge is -2.34. The van der Waals surface area contributed by atoms with Crippen LogP contribution < -0.4 is 10.2 Å². The van der Waals surface area contributed by atoms with E-state index < -0.39 is 0 Å². The van der Waals surface area contributed by atoms with Gasteiger partial charge in [-0.1, -0.05) is 23.7 Å². The zero-order chi connectivity index (χ0) is 26.2. The fourth-order valence-corrected chi connectivity index (χ4v) is 5.22. The van der Waals surface area contributed by atoms with Crippen LogP contribution in [0.1, 0.15) is 21.5 Å². The average molecular weight is 528 g/mol. The van der Waals surface area contributed by atoms with E-state index in [9.17, 15) is 4.79 Å². The summed E-state index contributed by atoms with van der Waals surface area (Å²) in [6.45, 7) is 6.78. The molecule has 3 heterocycles. The Balaban J connectivity index is 1.19. The van der Waals surface area contributed by atoms with Gasteiger partial charge in [-0.3, -0.25) is 4.79 Å². The lowest BCUT2D eigenvalue weighted by Crippen LogP contribution is -2.44. The van der Waals surface area contributed by atoms with Crippen LogP contribution in [0.4, 0.5) is 5.69 Å². The molecule has 1 aliphatic heterocycles. The Bertz CT molecular complexity index is 1630. The summed E-state index contributed by atoms with van der Waals surface area (Å²) in [6.07, 6.45) is 0.713. The van der Waals surface area contributed by atoms with E-state index in [1.165, 1.54) is 5.69 Å². The Kier molecular flexibility index (Phi) is 6.51. The molecule has 194 valence electrons. The van der Waals surface area contributed by atoms with Gasteiger partial charge in [0, 0.05) is 49.0 Å². The van der Waals surface area contributed by atoms with Gasteiger partial charge in [0.05, 0.1) is 22.1 Å². The third-order valence-corrected chi connectivity index (χ3v) is 7.42. The number of likely N-dealkylation sites (N-methyl/N-ethyl adjacent to an activating group) is 1. The molecule has 0 spiro atoms. The maximum absolute atomic E-state index is 12.8. The summed E-state index contributed by atoms with van der Waals surface area (Å²) in [6, 6.07) is 17.6. The molecule has 1 aliphatic rings. The number of aryl methyl sites for hydroxylation is 1. The van der Waals surface area contributed by atoms with Crippen molar-refractivity contribution >= 4 is 45.3 Å². The monoisotopic (exact) mass is 527 g/mol. The van der Waals surface area contributed by atoms with Crippen molar-refractivity contribution in [3.8, 4) is 11.6 Å². The van der Waals surface area contributed by atoms with Crippen molar-refractivity contribution in [1.82, 2.24) is 30.2 Å². The molecule has 0 saturated carbocycles. The van der Waals surface area contributed by atoms with Gasteiger partial charge in [-0.15, -0.1) is 0 Å². The van der Waals surface area contributed by atoms with E-state index in [4.69, 9.17) is 21.6 Å². The number of nitrogens with zero attached hydrogens (tertiary/aromatic N) is 4. The van der Waals surface area contributed by atoms with E-state index in [2.05, 4.69) is 51.2 Å². The number of rotatable bonds is 6. The van der Waals surface area contributed by atoms with Gasteiger partial charge in [0.1, 0.15) is 0 Å². The number of carbonyl (C=O) groups is 1. The van der Waals surface area contributed by atoms with Gasteiger partial charge in [0.2, 0.25) is 0 Å². The fourth-order valence-electron chi connectivity index (χ4n) is 5.01. The molecule has 38 heavy (non-hydrogen) atoms. The molecule has 3 N–H and O–H groups in total. The molecule has 2 aromatic heterocycles. The van der Waals surface area contributed by atoms with Crippen molar-refractivity contribution in [2.75, 3.05) is 44.7 Å². The van der Waals surface area contributed by atoms with Gasteiger partial charge in [-0.2, -0.15) is 0 Å². The van der Waals surface area contributed by atoms with Crippen LogP contribution in [-0.2, 0) is 6.42 Å². The van der Waals surface area contributed by atoms with E-state index in [0.717, 1.165) is 59.4 Å². The second-order valence-electron chi connectivity index (χ2n) is 9.99. The summed E-state index contributed by atoms with van der Waals surface area (Å²) in [4.78, 5) is 33.9. The first-order valence-electron chi connectivity index (χ1n) is 12.9. The molecular formula is C29H30ClN7O. The van der Waals surface area contributed by atoms with Crippen molar-refractivity contribution < 1.29 is 4.79 Å². The number of halogens is 1. The first-order chi connectivity index (χ1) is 18.4. The zero-order valence-corrected chi connectivity index (χ0v) is 22.3. The minimum atomic E-state index is -0.124. The van der Waals surface area contributed by atoms with Crippen molar-refractivity contribution in [1.29, 1.82) is 0 Å². The fraction of sp³-hybridized carbons (Fsp3) is 0.276. The van der Waals surface area contributed by atoms with Crippen LogP contribution >= 0.6 is 11.6 Å². The Morgan fingerprint density at radius 3 is 2.58 bits per heavy atom. The number of hydrogen-bond donors (Lipinski definition) is 3. The second-order valence-corrected chi connectivity index (χ2v) is 10.4. The van der Waals surface area contributed by atoms with E-state index in [1.807, 2.05) is 36.4 Å². The summed E-state index contributed by atoms with van der Waals surface area (Å²) >= 11 is 6.05. The number of hydrogen-bond acceptors (Lipinski definition) is 5. The standard InChI is InChI=1S/C29H30ClN7O/c1-18-14-22(37-12-10-36(2)11-13-37)17-25-26(18)35-28(34-25)27-32-23-7-6-20(16-24(23)33-27)29(38)31-9-8-19-4-3-5-21(30)15-19/h3-7,14-17H,8-13H2,1-2H3,(H,31,38)(H,32,33)(H,34,35). The molecule has 3 aromatic carbocycles. The van der Waals surface area contributed by atoms with Gasteiger partial charge < -0.3 is 25.1 Å². The highest BCUT2D eigenvalue weighted by Crippen LogP contribution is 2.28. The SMILES string of the molecule is Cc1cc(N2CCN(C)CC2)cc2[nH]c(-c3nc4ccc(C(=O)NCCc5cccc(Cl)c5)cc4[nH]3)nc12. The molecule has 0 bridgehead atoms. The molecule has 9 heteroatoms. The van der Waals surface area contributed by atoms with Crippen LogP contribution in [0.15, 0.2) is 54.6 Å². The Morgan fingerprint density at radius 2 is 1.76 bits per heavy atom. The van der Waals surface area contributed by atoms with Crippen LogP contribution in [0.3, 0.4) is 0 Å². The first kappa shape index (κ1) is 24.5. The van der Waals surface area contributed by atoms with E-state index in [1.54, 1.807) is 6.07 Å². The van der Waals surface area contributed by atoms with Crippen molar-refractivity contribution in [2.45, 2.75) is 13.3 Å². The third-order valence-electron chi connectivity index (χ3n) is 7.19. The molecule has 0 aliphatic carbocycles. The largest absolute Gasteiger partial charge is 0.369 e. The number of aromatic amines is 2. The summed E-state index contributed by atoms with van der Waals surface area (Å²) in [5.41, 5.74) is 7.52. The number of imidazole rings is 2. The molecular weight excluding hydrogens is 498 g/mol. The number of amides is 1. The molecule has 0 radical (unpaired) electrons. The first-order valence-corrected chi connectivity index (χ1v) is 13.3. The summed E-state index contributed by atoms with van der Waals surface area (Å²) in [7, 11) is 2.17. The van der Waals surface area contributed by atoms with Crippen molar-refractivity contribution in [2.24, 2.45) is 0 Å². The maximum Gasteiger partial charge on any atom is 0.251 e. The third kappa shape index (κ3) is 4.97. The predicted octanol–water partition coefficient (Wildman–Crippen LogP) is 4.79. The number of anilines is 1. The van der Waals surface area contributed by atoms with Crippen LogP contribution in [-0.4, -0.2) is 70.5 Å². The van der Waals surface area contributed by atoms with Crippen LogP contribution in [0.25, 0.3) is 33.7 Å². The number of fused-ring (bicyclic) bond motifs is 2. The van der Waals surface area contributed by atoms with Gasteiger partial charge in [0.15, 0.2) is 11.6 Å². The Morgan fingerprint density at radius 1 is 0.974 bits per heavy atom. The minimum absolute atomic E-state index is 0.124. The smallest absolute Gasteiger partial charge is 0.251 e. The van der Waals surface area contributed by atoms with Crippen molar-refractivity contribution in [3.05, 3.63) is 76.3 Å². The van der Waals surface area contributed by atoms with E-state index in [-0.39, 0.29) is 5.91 Å². The topological polar surface area (TPSA) is 92.9 Å². The van der Waals surface area contributed by atoms with Gasteiger partial charge >= 0.3 is 0 Å². The maximum atomic E-state index is 12.8. The molecule has 0 atom stereocenters. The minimum Gasteiger partial charge on any atom is -0.369 e. The molecule has 6 rings (SSSR count). The van der Waals surface area contributed by atoms with E-state index >= 15 is 0 Å².